The Bertz CT molecular complexity index is 816. The number of aryl methyl sites for hydroxylation is 2. The van der Waals surface area contributed by atoms with E-state index < -0.39 is 21.3 Å². The summed E-state index contributed by atoms with van der Waals surface area (Å²) in [5.41, 5.74) is 5.62. The molecule has 0 radical (unpaired) electrons. The fourth-order valence-corrected chi connectivity index (χ4v) is 4.55. The minimum absolute atomic E-state index is 0.0475. The van der Waals surface area contributed by atoms with Gasteiger partial charge < -0.3 is 10.6 Å². The van der Waals surface area contributed by atoms with Crippen molar-refractivity contribution in [1.82, 2.24) is 10.0 Å². The Morgan fingerprint density at radius 2 is 1.65 bits per heavy atom. The largest absolute Gasteiger partial charge is 0.355 e. The predicted molar refractivity (Wildman–Crippen MR) is 99.7 cm³/mol. The Hall–Kier alpha value is -2.09. The van der Waals surface area contributed by atoms with Crippen LogP contribution in [0, 0.1) is 0 Å². The number of hydrogen-bond acceptors (Lipinski definition) is 4. The minimum atomic E-state index is -3.88. The fraction of sp³-hybridized carbons (Fsp3) is 0.556. The van der Waals surface area contributed by atoms with Gasteiger partial charge in [-0.15, -0.1) is 0 Å². The summed E-state index contributed by atoms with van der Waals surface area (Å²) < 4.78 is 26.7. The molecule has 7 nitrogen and oxygen atoms in total. The number of carbonyl (C=O) groups excluding carboxylic acids is 2. The molecule has 3 N–H and O–H groups in total. The average molecular weight is 379 g/mol. The van der Waals surface area contributed by atoms with Gasteiger partial charge in [0.25, 0.3) is 0 Å². The Balaban J connectivity index is 1.74. The maximum Gasteiger partial charge on any atom is 0.332 e. The van der Waals surface area contributed by atoms with E-state index in [4.69, 9.17) is 0 Å². The van der Waals surface area contributed by atoms with E-state index in [1.807, 2.05) is 0 Å². The zero-order valence-electron chi connectivity index (χ0n) is 15.1. The Labute approximate surface area is 154 Å². The highest BCUT2D eigenvalue weighted by Crippen LogP contribution is 2.38. The van der Waals surface area contributed by atoms with E-state index in [2.05, 4.69) is 21.4 Å². The highest BCUT2D eigenvalue weighted by atomic mass is 32.2. The Morgan fingerprint density at radius 3 is 2.19 bits per heavy atom. The van der Waals surface area contributed by atoms with Crippen LogP contribution < -0.4 is 15.4 Å². The van der Waals surface area contributed by atoms with Crippen LogP contribution in [0.25, 0.3) is 0 Å². The van der Waals surface area contributed by atoms with E-state index >= 15 is 0 Å². The number of nitrogens with one attached hydrogen (secondary N) is 3. The number of benzene rings is 1. The summed E-state index contributed by atoms with van der Waals surface area (Å²) >= 11 is 0. The molecule has 0 aromatic heterocycles. The molecule has 3 amide bonds. The third-order valence-corrected chi connectivity index (χ3v) is 6.81. The summed E-state index contributed by atoms with van der Waals surface area (Å²) in [5.74, 6) is -0.313. The lowest BCUT2D eigenvalue weighted by molar-refractivity contribution is -0.118. The van der Waals surface area contributed by atoms with E-state index in [0.29, 0.717) is 0 Å². The topological polar surface area (TPSA) is 104 Å². The molecule has 3 rings (SSSR count). The highest BCUT2D eigenvalue weighted by Gasteiger charge is 2.27. The first-order valence-corrected chi connectivity index (χ1v) is 10.6. The maximum atomic E-state index is 12.4. The van der Waals surface area contributed by atoms with Crippen molar-refractivity contribution >= 4 is 27.6 Å². The van der Waals surface area contributed by atoms with Crippen molar-refractivity contribution in [1.29, 1.82) is 0 Å². The van der Waals surface area contributed by atoms with Gasteiger partial charge in [0, 0.05) is 19.2 Å². The minimum Gasteiger partial charge on any atom is -0.355 e. The third-order valence-electron chi connectivity index (χ3n) is 5.11. The molecule has 8 heteroatoms. The molecule has 1 atom stereocenters. The molecule has 26 heavy (non-hydrogen) atoms. The van der Waals surface area contributed by atoms with Gasteiger partial charge in [-0.2, -0.15) is 0 Å². The molecule has 0 saturated carbocycles. The first-order valence-electron chi connectivity index (χ1n) is 9.01. The first kappa shape index (κ1) is 18.7. The van der Waals surface area contributed by atoms with Crippen LogP contribution in [-0.4, -0.2) is 32.2 Å². The molecule has 1 aromatic carbocycles. The summed E-state index contributed by atoms with van der Waals surface area (Å²) in [4.78, 5) is 23.3. The molecular formula is C18H25N3O4S. The van der Waals surface area contributed by atoms with Crippen LogP contribution in [0.4, 0.5) is 10.5 Å². The van der Waals surface area contributed by atoms with Gasteiger partial charge in [-0.05, 0) is 67.7 Å². The van der Waals surface area contributed by atoms with E-state index in [0.717, 1.165) is 55.3 Å². The lowest BCUT2D eigenvalue weighted by atomic mass is 9.99. The number of fused-ring (bicyclic) bond motifs is 2. The lowest BCUT2D eigenvalue weighted by Gasteiger charge is -2.18. The number of anilines is 1. The van der Waals surface area contributed by atoms with Gasteiger partial charge in [-0.3, -0.25) is 4.79 Å². The van der Waals surface area contributed by atoms with Gasteiger partial charge in [-0.1, -0.05) is 6.07 Å². The second-order valence-electron chi connectivity index (χ2n) is 7.08. The number of amides is 3. The molecule has 0 fully saturated rings. The van der Waals surface area contributed by atoms with Crippen LogP contribution in [0.3, 0.4) is 0 Å². The number of carbonyl (C=O) groups is 2. The lowest BCUT2D eigenvalue weighted by Crippen LogP contribution is -2.44. The van der Waals surface area contributed by atoms with Crippen LogP contribution in [0.5, 0.6) is 0 Å². The molecule has 0 bridgehead atoms. The molecule has 1 aromatic rings. The van der Waals surface area contributed by atoms with Crippen LogP contribution in [0.2, 0.25) is 0 Å². The van der Waals surface area contributed by atoms with Crippen LogP contribution in [-0.2, 0) is 40.5 Å². The van der Waals surface area contributed by atoms with Gasteiger partial charge in [0.15, 0.2) is 0 Å². The third kappa shape index (κ3) is 3.85. The molecule has 0 aliphatic heterocycles. The number of hydrogen-bond donors (Lipinski definition) is 3. The van der Waals surface area contributed by atoms with Crippen molar-refractivity contribution < 1.29 is 18.0 Å². The molecular weight excluding hydrogens is 354 g/mol. The smallest absolute Gasteiger partial charge is 0.332 e. The molecule has 0 saturated heterocycles. The number of rotatable bonds is 5. The quantitative estimate of drug-likeness (QED) is 0.723. The summed E-state index contributed by atoms with van der Waals surface area (Å²) in [5, 5.41) is 4.34. The molecule has 0 spiro atoms. The van der Waals surface area contributed by atoms with Gasteiger partial charge in [0.05, 0.1) is 5.25 Å². The average Bonchev–Trinajstić information content (AvgIpc) is 3.20. The summed E-state index contributed by atoms with van der Waals surface area (Å²) in [6.45, 7) is 2.72. The molecule has 1 unspecified atom stereocenters. The standard InChI is InChI=1S/C18H25N3O4S/c1-11(10-19-12(2)22)26(24,25)21-18(23)20-17-15-7-3-5-13(15)9-14-6-4-8-16(14)17/h9,11H,3-8,10H2,1-2H3,(H,19,22)(H2,20,21,23). The fourth-order valence-electron chi connectivity index (χ4n) is 3.73. The zero-order chi connectivity index (χ0) is 18.9. The SMILES string of the molecule is CC(=O)NCC(C)S(=O)(=O)NC(=O)Nc1c2c(cc3c1CCC3)CCC2. The van der Waals surface area contributed by atoms with Crippen LogP contribution >= 0.6 is 0 Å². The van der Waals surface area contributed by atoms with Gasteiger partial charge in [0.2, 0.25) is 15.9 Å². The maximum absolute atomic E-state index is 12.4. The zero-order valence-corrected chi connectivity index (χ0v) is 16.0. The van der Waals surface area contributed by atoms with Gasteiger partial charge >= 0.3 is 6.03 Å². The molecule has 2 aliphatic rings. The molecule has 2 aliphatic carbocycles. The van der Waals surface area contributed by atoms with Gasteiger partial charge in [0.1, 0.15) is 0 Å². The first-order chi connectivity index (χ1) is 12.3. The number of sulfonamides is 1. The van der Waals surface area contributed by atoms with Crippen molar-refractivity contribution in [2.45, 2.75) is 57.6 Å². The van der Waals surface area contributed by atoms with Crippen molar-refractivity contribution in [3.05, 3.63) is 28.3 Å². The van der Waals surface area contributed by atoms with Crippen molar-refractivity contribution in [3.63, 3.8) is 0 Å². The van der Waals surface area contributed by atoms with E-state index in [1.54, 1.807) is 0 Å². The normalized spacial score (nSPS) is 16.5. The van der Waals surface area contributed by atoms with E-state index in [1.165, 1.54) is 25.0 Å². The van der Waals surface area contributed by atoms with Gasteiger partial charge in [-0.25, -0.2) is 17.9 Å². The molecule has 0 heterocycles. The van der Waals surface area contributed by atoms with E-state index in [-0.39, 0.29) is 12.5 Å². The Kier molecular flexibility index (Phi) is 5.22. The summed E-state index contributed by atoms with van der Waals surface area (Å²) in [6.07, 6.45) is 5.94. The highest BCUT2D eigenvalue weighted by molar-refractivity contribution is 7.90. The summed E-state index contributed by atoms with van der Waals surface area (Å²) in [6, 6.07) is 1.51. The summed E-state index contributed by atoms with van der Waals surface area (Å²) in [7, 11) is -3.88. The second-order valence-corrected chi connectivity index (χ2v) is 9.18. The number of urea groups is 1. The predicted octanol–water partition coefficient (Wildman–Crippen LogP) is 1.64. The molecule has 142 valence electrons. The van der Waals surface area contributed by atoms with Crippen molar-refractivity contribution in [3.8, 4) is 0 Å². The Morgan fingerprint density at radius 1 is 1.08 bits per heavy atom. The van der Waals surface area contributed by atoms with Crippen LogP contribution in [0.1, 0.15) is 48.9 Å². The van der Waals surface area contributed by atoms with Crippen LogP contribution in [0.15, 0.2) is 6.07 Å². The monoisotopic (exact) mass is 379 g/mol. The van der Waals surface area contributed by atoms with E-state index in [9.17, 15) is 18.0 Å². The van der Waals surface area contributed by atoms with Crippen molar-refractivity contribution in [2.24, 2.45) is 0 Å². The van der Waals surface area contributed by atoms with Crippen molar-refractivity contribution in [2.75, 3.05) is 11.9 Å². The second kappa shape index (κ2) is 7.26.